The van der Waals surface area contributed by atoms with Crippen molar-refractivity contribution in [1.82, 2.24) is 4.98 Å². The fraction of sp³-hybridized carbons (Fsp3) is 0.250. The average molecular weight is 219 g/mol. The van der Waals surface area contributed by atoms with Gasteiger partial charge >= 0.3 is 5.97 Å². The Morgan fingerprint density at radius 1 is 1.44 bits per heavy atom. The molecule has 1 rings (SSSR count). The lowest BCUT2D eigenvalue weighted by molar-refractivity contribution is -0.135. The monoisotopic (exact) mass is 219 g/mol. The number of hydrogen-bond donors (Lipinski definition) is 1. The molecule has 0 unspecified atom stereocenters. The van der Waals surface area contributed by atoms with Crippen LogP contribution < -0.4 is 0 Å². The second kappa shape index (κ2) is 5.21. The molecule has 0 saturated carbocycles. The molecule has 0 radical (unpaired) electrons. The summed E-state index contributed by atoms with van der Waals surface area (Å²) in [7, 11) is 0. The summed E-state index contributed by atoms with van der Waals surface area (Å²) in [5.74, 6) is -1.92. The van der Waals surface area contributed by atoms with Crippen LogP contribution in [0.4, 0.5) is 0 Å². The Balaban J connectivity index is 3.09. The quantitative estimate of drug-likeness (QED) is 0.476. The van der Waals surface area contributed by atoms with Gasteiger partial charge in [-0.3, -0.25) is 9.78 Å². The third-order valence-corrected chi connectivity index (χ3v) is 2.02. The summed E-state index contributed by atoms with van der Waals surface area (Å²) in [4.78, 5) is 26.4. The van der Waals surface area contributed by atoms with E-state index in [4.69, 9.17) is 5.11 Å². The number of carbonyl (C=O) groups is 2. The van der Waals surface area contributed by atoms with E-state index < -0.39 is 5.97 Å². The molecule has 0 aliphatic carbocycles. The summed E-state index contributed by atoms with van der Waals surface area (Å²) >= 11 is 0. The lowest BCUT2D eigenvalue weighted by Gasteiger charge is -2.04. The maximum atomic E-state index is 11.6. The van der Waals surface area contributed by atoms with Gasteiger partial charge in [0, 0.05) is 18.3 Å². The molecule has 0 aromatic carbocycles. The molecule has 0 atom stereocenters. The molecule has 1 aromatic heterocycles. The molecule has 1 heterocycles. The molecule has 4 nitrogen and oxygen atoms in total. The maximum absolute atomic E-state index is 11.6. The molecule has 1 N–H and O–H groups in total. The van der Waals surface area contributed by atoms with Gasteiger partial charge in [0.05, 0.1) is 0 Å². The van der Waals surface area contributed by atoms with E-state index in [9.17, 15) is 9.59 Å². The van der Waals surface area contributed by atoms with E-state index in [2.05, 4.69) is 4.98 Å². The molecule has 84 valence electrons. The predicted molar refractivity (Wildman–Crippen MR) is 59.7 cm³/mol. The van der Waals surface area contributed by atoms with Crippen LogP contribution in [0.25, 0.3) is 6.08 Å². The highest BCUT2D eigenvalue weighted by Crippen LogP contribution is 2.11. The zero-order valence-electron chi connectivity index (χ0n) is 9.18. The normalized spacial score (nSPS) is 11.6. The van der Waals surface area contributed by atoms with Crippen LogP contribution in [0.1, 0.15) is 19.4 Å². The topological polar surface area (TPSA) is 67.3 Å². The fourth-order valence-electron chi connectivity index (χ4n) is 1.18. The van der Waals surface area contributed by atoms with Crippen LogP contribution in [0, 0.1) is 5.92 Å². The molecule has 0 bridgehead atoms. The van der Waals surface area contributed by atoms with E-state index in [0.717, 1.165) is 0 Å². The van der Waals surface area contributed by atoms with Gasteiger partial charge in [0.25, 0.3) is 0 Å². The van der Waals surface area contributed by atoms with Gasteiger partial charge in [0.1, 0.15) is 5.57 Å². The first-order chi connectivity index (χ1) is 7.52. The summed E-state index contributed by atoms with van der Waals surface area (Å²) in [6, 6.07) is 3.38. The minimum atomic E-state index is -1.21. The van der Waals surface area contributed by atoms with Crippen LogP contribution in [-0.4, -0.2) is 21.8 Å². The molecular formula is C12H13NO3. The highest BCUT2D eigenvalue weighted by molar-refractivity contribution is 6.20. The summed E-state index contributed by atoms with van der Waals surface area (Å²) in [6.45, 7) is 3.34. The van der Waals surface area contributed by atoms with E-state index in [0.29, 0.717) is 5.56 Å². The molecule has 0 fully saturated rings. The Hall–Kier alpha value is -1.97. The SMILES string of the molecule is CC(C)C(=O)/C(=C/c1cccnc1)C(=O)O. The third-order valence-electron chi connectivity index (χ3n) is 2.02. The Bertz CT molecular complexity index is 421. The highest BCUT2D eigenvalue weighted by atomic mass is 16.4. The van der Waals surface area contributed by atoms with Gasteiger partial charge in [-0.1, -0.05) is 19.9 Å². The van der Waals surface area contributed by atoms with Gasteiger partial charge in [-0.25, -0.2) is 4.79 Å². The summed E-state index contributed by atoms with van der Waals surface area (Å²) in [5.41, 5.74) is 0.400. The Labute approximate surface area is 93.6 Å². The van der Waals surface area contributed by atoms with Crippen molar-refractivity contribution in [3.8, 4) is 0 Å². The van der Waals surface area contributed by atoms with E-state index >= 15 is 0 Å². The van der Waals surface area contributed by atoms with Crippen LogP contribution in [-0.2, 0) is 9.59 Å². The van der Waals surface area contributed by atoms with Crippen LogP contribution >= 0.6 is 0 Å². The zero-order valence-corrected chi connectivity index (χ0v) is 9.18. The largest absolute Gasteiger partial charge is 0.478 e. The lowest BCUT2D eigenvalue weighted by atomic mass is 9.99. The van der Waals surface area contributed by atoms with E-state index in [1.165, 1.54) is 12.3 Å². The number of Topliss-reactive ketones (excluding diaryl/α,β-unsaturated/α-hetero) is 1. The molecule has 0 spiro atoms. The van der Waals surface area contributed by atoms with Crippen molar-refractivity contribution in [2.75, 3.05) is 0 Å². The van der Waals surface area contributed by atoms with Gasteiger partial charge in [-0.2, -0.15) is 0 Å². The number of rotatable bonds is 4. The molecule has 0 amide bonds. The number of hydrogen-bond acceptors (Lipinski definition) is 3. The predicted octanol–water partition coefficient (Wildman–Crippen LogP) is 1.77. The van der Waals surface area contributed by atoms with Crippen molar-refractivity contribution in [2.45, 2.75) is 13.8 Å². The average Bonchev–Trinajstić information content (AvgIpc) is 2.26. The van der Waals surface area contributed by atoms with Crippen molar-refractivity contribution >= 4 is 17.8 Å². The van der Waals surface area contributed by atoms with Crippen molar-refractivity contribution in [3.63, 3.8) is 0 Å². The van der Waals surface area contributed by atoms with Crippen LogP contribution in [0.15, 0.2) is 30.1 Å². The summed E-state index contributed by atoms with van der Waals surface area (Å²) < 4.78 is 0. The Morgan fingerprint density at radius 3 is 2.56 bits per heavy atom. The van der Waals surface area contributed by atoms with Crippen molar-refractivity contribution in [1.29, 1.82) is 0 Å². The number of pyridine rings is 1. The highest BCUT2D eigenvalue weighted by Gasteiger charge is 2.19. The van der Waals surface area contributed by atoms with Crippen LogP contribution in [0.2, 0.25) is 0 Å². The second-order valence-corrected chi connectivity index (χ2v) is 3.67. The van der Waals surface area contributed by atoms with E-state index in [1.807, 2.05) is 0 Å². The van der Waals surface area contributed by atoms with Gasteiger partial charge in [-0.05, 0) is 17.7 Å². The van der Waals surface area contributed by atoms with E-state index in [-0.39, 0.29) is 17.3 Å². The molecular weight excluding hydrogens is 206 g/mol. The molecule has 4 heteroatoms. The number of carboxylic acids is 1. The number of aromatic nitrogens is 1. The third kappa shape index (κ3) is 3.02. The zero-order chi connectivity index (χ0) is 12.1. The summed E-state index contributed by atoms with van der Waals surface area (Å²) in [5, 5.41) is 8.94. The lowest BCUT2D eigenvalue weighted by Crippen LogP contribution is -2.17. The van der Waals surface area contributed by atoms with Crippen LogP contribution in [0.3, 0.4) is 0 Å². The first-order valence-corrected chi connectivity index (χ1v) is 4.91. The van der Waals surface area contributed by atoms with Gasteiger partial charge in [-0.15, -0.1) is 0 Å². The minimum Gasteiger partial charge on any atom is -0.478 e. The molecule has 0 saturated heterocycles. The molecule has 0 aliphatic heterocycles. The first-order valence-electron chi connectivity index (χ1n) is 4.91. The van der Waals surface area contributed by atoms with E-state index in [1.54, 1.807) is 32.2 Å². The van der Waals surface area contributed by atoms with Gasteiger partial charge in [0.2, 0.25) is 0 Å². The maximum Gasteiger partial charge on any atom is 0.339 e. The summed E-state index contributed by atoms with van der Waals surface area (Å²) in [6.07, 6.45) is 4.44. The standard InChI is InChI=1S/C12H13NO3/c1-8(2)11(14)10(12(15)16)6-9-4-3-5-13-7-9/h3-8H,1-2H3,(H,15,16)/b10-6-. The fourth-order valence-corrected chi connectivity index (χ4v) is 1.18. The Morgan fingerprint density at radius 2 is 2.12 bits per heavy atom. The number of carboxylic acid groups (broad SMARTS) is 1. The van der Waals surface area contributed by atoms with Crippen molar-refractivity contribution in [2.24, 2.45) is 5.92 Å². The number of aliphatic carboxylic acids is 1. The smallest absolute Gasteiger partial charge is 0.339 e. The molecule has 16 heavy (non-hydrogen) atoms. The number of ketones is 1. The number of carbonyl (C=O) groups excluding carboxylic acids is 1. The van der Waals surface area contributed by atoms with Gasteiger partial charge < -0.3 is 5.11 Å². The minimum absolute atomic E-state index is 0.206. The van der Waals surface area contributed by atoms with Crippen LogP contribution in [0.5, 0.6) is 0 Å². The van der Waals surface area contributed by atoms with Gasteiger partial charge in [0.15, 0.2) is 5.78 Å². The second-order valence-electron chi connectivity index (χ2n) is 3.67. The Kier molecular flexibility index (Phi) is 3.94. The molecule has 1 aromatic rings. The molecule has 0 aliphatic rings. The first kappa shape index (κ1) is 12.1. The van der Waals surface area contributed by atoms with Crippen molar-refractivity contribution < 1.29 is 14.7 Å². The number of nitrogens with zero attached hydrogens (tertiary/aromatic N) is 1. The van der Waals surface area contributed by atoms with Crippen molar-refractivity contribution in [3.05, 3.63) is 35.7 Å².